The normalized spacial score (nSPS) is 11.1. The van der Waals surface area contributed by atoms with Crippen LogP contribution in [-0.4, -0.2) is 34.2 Å². The largest absolute Gasteiger partial charge is 0.497 e. The summed E-state index contributed by atoms with van der Waals surface area (Å²) in [5, 5.41) is 3.36. The standard InChI is InChI=1S/C18H20Cl2N2O4S/c1-26-15-6-3-5-13(11-15)21-18(23)7-4-10-22(27(2,24)25)14-8-9-16(19)17(20)12-14/h3,5-6,8-9,11-12H,4,7,10H2,1-2H3,(H,21,23). The first kappa shape index (κ1) is 21.3. The van der Waals surface area contributed by atoms with Crippen molar-refractivity contribution in [1.29, 1.82) is 0 Å². The number of hydrogen-bond acceptors (Lipinski definition) is 4. The number of ether oxygens (including phenoxy) is 1. The Morgan fingerprint density at radius 3 is 2.52 bits per heavy atom. The van der Waals surface area contributed by atoms with Gasteiger partial charge in [0, 0.05) is 24.7 Å². The van der Waals surface area contributed by atoms with Gasteiger partial charge in [0.1, 0.15) is 5.75 Å². The van der Waals surface area contributed by atoms with Crippen LogP contribution in [0.15, 0.2) is 42.5 Å². The molecule has 0 fully saturated rings. The highest BCUT2D eigenvalue weighted by atomic mass is 35.5. The number of nitrogens with zero attached hydrogens (tertiary/aromatic N) is 1. The van der Waals surface area contributed by atoms with Crippen LogP contribution in [-0.2, 0) is 14.8 Å². The zero-order valence-corrected chi connectivity index (χ0v) is 17.2. The number of rotatable bonds is 8. The number of methoxy groups -OCH3 is 1. The van der Waals surface area contributed by atoms with Crippen LogP contribution in [0.25, 0.3) is 0 Å². The maximum absolute atomic E-state index is 12.1. The van der Waals surface area contributed by atoms with E-state index in [1.807, 2.05) is 0 Å². The summed E-state index contributed by atoms with van der Waals surface area (Å²) in [5.74, 6) is 0.418. The van der Waals surface area contributed by atoms with Crippen molar-refractivity contribution in [3.63, 3.8) is 0 Å². The highest BCUT2D eigenvalue weighted by Gasteiger charge is 2.18. The summed E-state index contributed by atoms with van der Waals surface area (Å²) < 4.78 is 30.5. The number of nitrogens with one attached hydrogen (secondary N) is 1. The summed E-state index contributed by atoms with van der Waals surface area (Å²) >= 11 is 11.9. The van der Waals surface area contributed by atoms with Crippen LogP contribution < -0.4 is 14.4 Å². The molecule has 146 valence electrons. The summed E-state index contributed by atoms with van der Waals surface area (Å²) in [7, 11) is -1.98. The van der Waals surface area contributed by atoms with Gasteiger partial charge in [-0.3, -0.25) is 9.10 Å². The van der Waals surface area contributed by atoms with Crippen molar-refractivity contribution in [1.82, 2.24) is 0 Å². The Hall–Kier alpha value is -1.96. The molecule has 0 radical (unpaired) electrons. The average Bonchev–Trinajstić information content (AvgIpc) is 2.60. The summed E-state index contributed by atoms with van der Waals surface area (Å²) in [6.45, 7) is 0.141. The molecule has 0 saturated heterocycles. The zero-order chi connectivity index (χ0) is 20.0. The zero-order valence-electron chi connectivity index (χ0n) is 14.9. The van der Waals surface area contributed by atoms with Crippen LogP contribution in [0, 0.1) is 0 Å². The average molecular weight is 431 g/mol. The number of amides is 1. The molecule has 27 heavy (non-hydrogen) atoms. The van der Waals surface area contributed by atoms with Crippen molar-refractivity contribution < 1.29 is 17.9 Å². The molecule has 0 bridgehead atoms. The highest BCUT2D eigenvalue weighted by Crippen LogP contribution is 2.28. The van der Waals surface area contributed by atoms with E-state index in [0.717, 1.165) is 6.26 Å². The van der Waals surface area contributed by atoms with Gasteiger partial charge in [-0.15, -0.1) is 0 Å². The Morgan fingerprint density at radius 1 is 1.15 bits per heavy atom. The summed E-state index contributed by atoms with van der Waals surface area (Å²) in [6.07, 6.45) is 1.60. The Morgan fingerprint density at radius 2 is 1.89 bits per heavy atom. The Bertz CT molecular complexity index is 919. The molecule has 0 atom stereocenters. The second kappa shape index (κ2) is 9.30. The predicted molar refractivity (Wildman–Crippen MR) is 110 cm³/mol. The van der Waals surface area contributed by atoms with Gasteiger partial charge < -0.3 is 10.1 Å². The number of anilines is 2. The van der Waals surface area contributed by atoms with Gasteiger partial charge in [-0.1, -0.05) is 29.3 Å². The maximum Gasteiger partial charge on any atom is 0.232 e. The van der Waals surface area contributed by atoms with E-state index in [9.17, 15) is 13.2 Å². The second-order valence-electron chi connectivity index (χ2n) is 5.82. The molecule has 0 aliphatic carbocycles. The second-order valence-corrected chi connectivity index (χ2v) is 8.54. The Balaban J connectivity index is 1.99. The van der Waals surface area contributed by atoms with Crippen molar-refractivity contribution >= 4 is 50.5 Å². The van der Waals surface area contributed by atoms with Crippen molar-refractivity contribution in [2.45, 2.75) is 12.8 Å². The van der Waals surface area contributed by atoms with Gasteiger partial charge in [0.25, 0.3) is 0 Å². The number of hydrogen-bond donors (Lipinski definition) is 1. The lowest BCUT2D eigenvalue weighted by Crippen LogP contribution is -2.31. The molecule has 2 rings (SSSR count). The third kappa shape index (κ3) is 6.30. The Labute approximate surface area is 169 Å². The van der Waals surface area contributed by atoms with Crippen molar-refractivity contribution in [3.05, 3.63) is 52.5 Å². The van der Waals surface area contributed by atoms with Gasteiger partial charge in [-0.2, -0.15) is 0 Å². The van der Waals surface area contributed by atoms with Gasteiger partial charge in [-0.25, -0.2) is 8.42 Å². The molecule has 0 unspecified atom stereocenters. The number of carbonyl (C=O) groups is 1. The topological polar surface area (TPSA) is 75.7 Å². The van der Waals surface area contributed by atoms with E-state index in [1.165, 1.54) is 16.4 Å². The van der Waals surface area contributed by atoms with E-state index >= 15 is 0 Å². The van der Waals surface area contributed by atoms with Gasteiger partial charge in [0.2, 0.25) is 15.9 Å². The van der Waals surface area contributed by atoms with Crippen molar-refractivity contribution in [3.8, 4) is 5.75 Å². The van der Waals surface area contributed by atoms with E-state index < -0.39 is 10.0 Å². The minimum atomic E-state index is -3.53. The molecule has 0 spiro atoms. The van der Waals surface area contributed by atoms with Crippen molar-refractivity contribution in [2.75, 3.05) is 29.5 Å². The molecule has 0 aliphatic rings. The molecule has 0 heterocycles. The fraction of sp³-hybridized carbons (Fsp3) is 0.278. The molecule has 0 saturated carbocycles. The SMILES string of the molecule is COc1cccc(NC(=O)CCCN(c2ccc(Cl)c(Cl)c2)S(C)(=O)=O)c1. The van der Waals surface area contributed by atoms with Crippen LogP contribution in [0.2, 0.25) is 10.0 Å². The highest BCUT2D eigenvalue weighted by molar-refractivity contribution is 7.92. The molecular formula is C18H20Cl2N2O4S. The number of halogens is 2. The summed E-state index contributed by atoms with van der Waals surface area (Å²) in [6, 6.07) is 11.6. The van der Waals surface area contributed by atoms with Crippen LogP contribution in [0.3, 0.4) is 0 Å². The van der Waals surface area contributed by atoms with Crippen LogP contribution in [0.1, 0.15) is 12.8 Å². The fourth-order valence-corrected chi connectivity index (χ4v) is 3.68. The lowest BCUT2D eigenvalue weighted by molar-refractivity contribution is -0.116. The summed E-state index contributed by atoms with van der Waals surface area (Å²) in [5.41, 5.74) is 1.02. The van der Waals surface area contributed by atoms with E-state index in [-0.39, 0.29) is 23.9 Å². The minimum absolute atomic E-state index is 0.141. The smallest absolute Gasteiger partial charge is 0.232 e. The van der Waals surface area contributed by atoms with E-state index in [2.05, 4.69) is 5.32 Å². The van der Waals surface area contributed by atoms with Crippen LogP contribution in [0.4, 0.5) is 11.4 Å². The number of benzene rings is 2. The molecule has 6 nitrogen and oxygen atoms in total. The van der Waals surface area contributed by atoms with Gasteiger partial charge >= 0.3 is 0 Å². The lowest BCUT2D eigenvalue weighted by atomic mass is 10.2. The molecule has 1 amide bonds. The molecule has 0 aliphatic heterocycles. The molecule has 2 aromatic carbocycles. The van der Waals surface area contributed by atoms with Gasteiger partial charge in [-0.05, 0) is 36.8 Å². The van der Waals surface area contributed by atoms with Crippen LogP contribution in [0.5, 0.6) is 5.75 Å². The lowest BCUT2D eigenvalue weighted by Gasteiger charge is -2.22. The monoisotopic (exact) mass is 430 g/mol. The quantitative estimate of drug-likeness (QED) is 0.680. The molecule has 2 aromatic rings. The first-order valence-electron chi connectivity index (χ1n) is 8.07. The fourth-order valence-electron chi connectivity index (χ4n) is 2.43. The van der Waals surface area contributed by atoms with Gasteiger partial charge in [0.15, 0.2) is 0 Å². The Kier molecular flexibility index (Phi) is 7.35. The number of carbonyl (C=O) groups excluding carboxylic acids is 1. The predicted octanol–water partition coefficient (Wildman–Crippen LogP) is 4.19. The minimum Gasteiger partial charge on any atom is -0.497 e. The third-order valence-electron chi connectivity index (χ3n) is 3.71. The molecule has 0 aromatic heterocycles. The van der Waals surface area contributed by atoms with Crippen molar-refractivity contribution in [2.24, 2.45) is 0 Å². The molecule has 9 heteroatoms. The van der Waals surface area contributed by atoms with E-state index in [1.54, 1.807) is 37.4 Å². The third-order valence-corrected chi connectivity index (χ3v) is 5.64. The summed E-state index contributed by atoms with van der Waals surface area (Å²) in [4.78, 5) is 12.1. The first-order valence-corrected chi connectivity index (χ1v) is 10.7. The van der Waals surface area contributed by atoms with Crippen LogP contribution >= 0.6 is 23.2 Å². The first-order chi connectivity index (χ1) is 12.7. The van der Waals surface area contributed by atoms with Gasteiger partial charge in [0.05, 0.1) is 29.1 Å². The number of sulfonamides is 1. The molecular weight excluding hydrogens is 411 g/mol. The maximum atomic E-state index is 12.1. The van der Waals surface area contributed by atoms with E-state index in [0.29, 0.717) is 28.6 Å². The van der Waals surface area contributed by atoms with E-state index in [4.69, 9.17) is 27.9 Å². The molecule has 1 N–H and O–H groups in total.